The zero-order valence-corrected chi connectivity index (χ0v) is 14.0. The van der Waals surface area contributed by atoms with Crippen LogP contribution in [-0.4, -0.2) is 49.8 Å². The van der Waals surface area contributed by atoms with E-state index >= 15 is 0 Å². The maximum atomic E-state index is 12.3. The molecule has 0 aromatic heterocycles. The number of carbonyl (C=O) groups is 1. The summed E-state index contributed by atoms with van der Waals surface area (Å²) in [5.74, 6) is 0.929. The summed E-state index contributed by atoms with van der Waals surface area (Å²) in [4.78, 5) is 16.6. The molecule has 0 bridgehead atoms. The molecule has 3 rings (SSSR count). The van der Waals surface area contributed by atoms with Gasteiger partial charge in [-0.3, -0.25) is 0 Å². The zero-order chi connectivity index (χ0) is 16.1. The average Bonchev–Trinajstić information content (AvgIpc) is 3.09. The molecule has 1 heterocycles. The number of amides is 2. The standard InChI is InChI=1S/C18H27N3O2/c1-2-23-17-10-6-5-9-16(17)20-11-13-21(14-12-20)18(22)19-15-7-3-4-8-15/h5-6,9-10,15H,2-4,7-8,11-14H2,1H3,(H,19,22). The summed E-state index contributed by atoms with van der Waals surface area (Å²) in [6, 6.07) is 8.64. The third-order valence-electron chi connectivity index (χ3n) is 4.76. The van der Waals surface area contributed by atoms with E-state index in [2.05, 4.69) is 16.3 Å². The molecule has 0 spiro atoms. The van der Waals surface area contributed by atoms with Crippen molar-refractivity contribution in [2.24, 2.45) is 0 Å². The molecule has 1 aromatic carbocycles. The number of ether oxygens (including phenoxy) is 1. The molecule has 1 aromatic rings. The fraction of sp³-hybridized carbons (Fsp3) is 0.611. The molecule has 2 fully saturated rings. The van der Waals surface area contributed by atoms with Crippen molar-refractivity contribution in [1.29, 1.82) is 0 Å². The monoisotopic (exact) mass is 317 g/mol. The molecule has 0 radical (unpaired) electrons. The molecule has 5 heteroatoms. The largest absolute Gasteiger partial charge is 0.492 e. The van der Waals surface area contributed by atoms with Crippen molar-refractivity contribution >= 4 is 11.7 Å². The fourth-order valence-corrected chi connectivity index (χ4v) is 3.48. The first-order chi connectivity index (χ1) is 11.3. The Labute approximate surface area is 138 Å². The van der Waals surface area contributed by atoms with Gasteiger partial charge in [0.05, 0.1) is 12.3 Å². The predicted octanol–water partition coefficient (Wildman–Crippen LogP) is 2.86. The van der Waals surface area contributed by atoms with Crippen molar-refractivity contribution in [2.45, 2.75) is 38.6 Å². The van der Waals surface area contributed by atoms with Crippen LogP contribution in [-0.2, 0) is 0 Å². The highest BCUT2D eigenvalue weighted by Crippen LogP contribution is 2.28. The second-order valence-corrected chi connectivity index (χ2v) is 6.31. The number of hydrogen-bond acceptors (Lipinski definition) is 3. The van der Waals surface area contributed by atoms with Crippen molar-refractivity contribution in [3.8, 4) is 5.75 Å². The first-order valence-electron chi connectivity index (χ1n) is 8.80. The molecule has 126 valence electrons. The van der Waals surface area contributed by atoms with Crippen molar-refractivity contribution in [2.75, 3.05) is 37.7 Å². The maximum Gasteiger partial charge on any atom is 0.317 e. The number of anilines is 1. The summed E-state index contributed by atoms with van der Waals surface area (Å²) in [5.41, 5.74) is 1.13. The van der Waals surface area contributed by atoms with Crippen molar-refractivity contribution in [3.05, 3.63) is 24.3 Å². The van der Waals surface area contributed by atoms with Gasteiger partial charge in [-0.25, -0.2) is 4.79 Å². The minimum Gasteiger partial charge on any atom is -0.492 e. The molecule has 1 aliphatic carbocycles. The zero-order valence-electron chi connectivity index (χ0n) is 14.0. The highest BCUT2D eigenvalue weighted by atomic mass is 16.5. The molecule has 23 heavy (non-hydrogen) atoms. The smallest absolute Gasteiger partial charge is 0.317 e. The van der Waals surface area contributed by atoms with Gasteiger partial charge in [0.15, 0.2) is 0 Å². The lowest BCUT2D eigenvalue weighted by atomic mass is 10.2. The third-order valence-corrected chi connectivity index (χ3v) is 4.76. The number of urea groups is 1. The van der Waals surface area contributed by atoms with Crippen molar-refractivity contribution in [3.63, 3.8) is 0 Å². The molecular formula is C18H27N3O2. The van der Waals surface area contributed by atoms with E-state index in [1.165, 1.54) is 12.8 Å². The topological polar surface area (TPSA) is 44.8 Å². The van der Waals surface area contributed by atoms with E-state index in [0.29, 0.717) is 12.6 Å². The number of para-hydroxylation sites is 2. The highest BCUT2D eigenvalue weighted by molar-refractivity contribution is 5.75. The maximum absolute atomic E-state index is 12.3. The van der Waals surface area contributed by atoms with Crippen LogP contribution < -0.4 is 15.0 Å². The summed E-state index contributed by atoms with van der Waals surface area (Å²) in [7, 11) is 0. The second kappa shape index (κ2) is 7.57. The summed E-state index contributed by atoms with van der Waals surface area (Å²) < 4.78 is 5.72. The Morgan fingerprint density at radius 3 is 2.57 bits per heavy atom. The number of carbonyl (C=O) groups excluding carboxylic acids is 1. The van der Waals surface area contributed by atoms with Gasteiger partial charge < -0.3 is 19.9 Å². The van der Waals surface area contributed by atoms with Crippen LogP contribution in [0.15, 0.2) is 24.3 Å². The Bertz CT molecular complexity index is 521. The number of piperazine rings is 1. The molecule has 0 unspecified atom stereocenters. The number of benzene rings is 1. The van der Waals surface area contributed by atoms with E-state index in [-0.39, 0.29) is 6.03 Å². The number of nitrogens with one attached hydrogen (secondary N) is 1. The van der Waals surface area contributed by atoms with Crippen molar-refractivity contribution < 1.29 is 9.53 Å². The highest BCUT2D eigenvalue weighted by Gasteiger charge is 2.25. The van der Waals surface area contributed by atoms with Gasteiger partial charge in [0.1, 0.15) is 5.75 Å². The lowest BCUT2D eigenvalue weighted by molar-refractivity contribution is 0.190. The fourth-order valence-electron chi connectivity index (χ4n) is 3.48. The van der Waals surface area contributed by atoms with Crippen LogP contribution in [0.1, 0.15) is 32.6 Å². The molecule has 5 nitrogen and oxygen atoms in total. The summed E-state index contributed by atoms with van der Waals surface area (Å²) in [6.45, 7) is 5.89. The second-order valence-electron chi connectivity index (χ2n) is 6.31. The molecule has 1 aliphatic heterocycles. The van der Waals surface area contributed by atoms with Crippen LogP contribution in [0.25, 0.3) is 0 Å². The molecule has 1 saturated heterocycles. The van der Waals surface area contributed by atoms with Crippen LogP contribution in [0, 0.1) is 0 Å². The SMILES string of the molecule is CCOc1ccccc1N1CCN(C(=O)NC2CCCC2)CC1. The molecule has 1 saturated carbocycles. The summed E-state index contributed by atoms with van der Waals surface area (Å²) in [6.07, 6.45) is 4.75. The first kappa shape index (κ1) is 16.0. The van der Waals surface area contributed by atoms with Gasteiger partial charge in [-0.15, -0.1) is 0 Å². The predicted molar refractivity (Wildman–Crippen MR) is 92.2 cm³/mol. The van der Waals surface area contributed by atoms with E-state index in [0.717, 1.165) is 50.5 Å². The van der Waals surface area contributed by atoms with E-state index in [1.807, 2.05) is 30.0 Å². The molecule has 2 amide bonds. The number of rotatable bonds is 4. The van der Waals surface area contributed by atoms with Crippen LogP contribution in [0.3, 0.4) is 0 Å². The average molecular weight is 317 g/mol. The minimum absolute atomic E-state index is 0.106. The Kier molecular flexibility index (Phi) is 5.26. The summed E-state index contributed by atoms with van der Waals surface area (Å²) >= 11 is 0. The van der Waals surface area contributed by atoms with Gasteiger partial charge in [0.2, 0.25) is 0 Å². The number of nitrogens with zero attached hydrogens (tertiary/aromatic N) is 2. The van der Waals surface area contributed by atoms with Gasteiger partial charge in [-0.2, -0.15) is 0 Å². The Morgan fingerprint density at radius 2 is 1.87 bits per heavy atom. The quantitative estimate of drug-likeness (QED) is 0.929. The summed E-state index contributed by atoms with van der Waals surface area (Å²) in [5, 5.41) is 3.18. The lowest BCUT2D eigenvalue weighted by Crippen LogP contribution is -2.53. The molecule has 1 N–H and O–H groups in total. The molecule has 0 atom stereocenters. The Balaban J connectivity index is 1.54. The Morgan fingerprint density at radius 1 is 1.17 bits per heavy atom. The normalized spacial score (nSPS) is 19.0. The van der Waals surface area contributed by atoms with E-state index < -0.39 is 0 Å². The minimum atomic E-state index is 0.106. The van der Waals surface area contributed by atoms with E-state index in [4.69, 9.17) is 4.74 Å². The van der Waals surface area contributed by atoms with Crippen molar-refractivity contribution in [1.82, 2.24) is 10.2 Å². The van der Waals surface area contributed by atoms with Crippen LogP contribution >= 0.6 is 0 Å². The van der Waals surface area contributed by atoms with Gasteiger partial charge >= 0.3 is 6.03 Å². The third kappa shape index (κ3) is 3.89. The number of hydrogen-bond donors (Lipinski definition) is 1. The van der Waals surface area contributed by atoms with Gasteiger partial charge in [0, 0.05) is 32.2 Å². The van der Waals surface area contributed by atoms with E-state index in [1.54, 1.807) is 0 Å². The van der Waals surface area contributed by atoms with Crippen LogP contribution in [0.4, 0.5) is 10.5 Å². The van der Waals surface area contributed by atoms with Gasteiger partial charge in [-0.05, 0) is 31.9 Å². The molecular weight excluding hydrogens is 290 g/mol. The van der Waals surface area contributed by atoms with Gasteiger partial charge in [-0.1, -0.05) is 25.0 Å². The van der Waals surface area contributed by atoms with Gasteiger partial charge in [0.25, 0.3) is 0 Å². The first-order valence-corrected chi connectivity index (χ1v) is 8.80. The molecule has 2 aliphatic rings. The van der Waals surface area contributed by atoms with Crippen LogP contribution in [0.2, 0.25) is 0 Å². The Hall–Kier alpha value is -1.91. The lowest BCUT2D eigenvalue weighted by Gasteiger charge is -2.37. The van der Waals surface area contributed by atoms with Crippen LogP contribution in [0.5, 0.6) is 5.75 Å². The van der Waals surface area contributed by atoms with E-state index in [9.17, 15) is 4.79 Å².